The molecule has 0 saturated carbocycles. The second-order valence-corrected chi connectivity index (χ2v) is 3.82. The Balaban J connectivity index is 2.24. The summed E-state index contributed by atoms with van der Waals surface area (Å²) >= 11 is 0. The van der Waals surface area contributed by atoms with Crippen LogP contribution in [0.5, 0.6) is 0 Å². The standard InChI is InChI=1S/C12H11N5O/c1-8-5-9(3-4-14-8)12(18)15-11-10(6-13)7-17(2)16-11/h3-5,7H,1-2H3,(H,15,16,18). The first kappa shape index (κ1) is 11.8. The first-order chi connectivity index (χ1) is 8.60. The average Bonchev–Trinajstić information content (AvgIpc) is 2.69. The van der Waals surface area contributed by atoms with E-state index < -0.39 is 0 Å². The minimum Gasteiger partial charge on any atom is -0.304 e. The molecule has 0 spiro atoms. The van der Waals surface area contributed by atoms with E-state index in [0.717, 1.165) is 5.69 Å². The van der Waals surface area contributed by atoms with E-state index in [0.29, 0.717) is 11.1 Å². The minimum absolute atomic E-state index is 0.263. The minimum atomic E-state index is -0.310. The molecule has 0 aliphatic rings. The number of aromatic nitrogens is 3. The maximum absolute atomic E-state index is 11.9. The van der Waals surface area contributed by atoms with Gasteiger partial charge < -0.3 is 5.32 Å². The van der Waals surface area contributed by atoms with Crippen molar-refractivity contribution >= 4 is 11.7 Å². The van der Waals surface area contributed by atoms with Crippen molar-refractivity contribution in [3.8, 4) is 6.07 Å². The summed E-state index contributed by atoms with van der Waals surface area (Å²) in [6.07, 6.45) is 3.11. The highest BCUT2D eigenvalue weighted by atomic mass is 16.1. The molecule has 2 aromatic heterocycles. The number of aryl methyl sites for hydroxylation is 2. The molecule has 0 bridgehead atoms. The van der Waals surface area contributed by atoms with Gasteiger partial charge in [0.25, 0.3) is 5.91 Å². The Bertz CT molecular complexity index is 638. The third kappa shape index (κ3) is 2.35. The quantitative estimate of drug-likeness (QED) is 0.857. The van der Waals surface area contributed by atoms with E-state index in [4.69, 9.17) is 5.26 Å². The number of nitrogens with one attached hydrogen (secondary N) is 1. The van der Waals surface area contributed by atoms with Gasteiger partial charge in [0, 0.05) is 30.7 Å². The molecule has 0 aromatic carbocycles. The van der Waals surface area contributed by atoms with Gasteiger partial charge in [0.2, 0.25) is 0 Å². The number of hydrogen-bond acceptors (Lipinski definition) is 4. The normalized spacial score (nSPS) is 9.83. The molecular formula is C12H11N5O. The summed E-state index contributed by atoms with van der Waals surface area (Å²) in [5.41, 5.74) is 1.57. The van der Waals surface area contributed by atoms with E-state index in [2.05, 4.69) is 15.4 Å². The number of carbonyl (C=O) groups is 1. The lowest BCUT2D eigenvalue weighted by Gasteiger charge is -2.02. The Morgan fingerprint density at radius 3 is 3.00 bits per heavy atom. The predicted molar refractivity (Wildman–Crippen MR) is 64.9 cm³/mol. The zero-order valence-electron chi connectivity index (χ0n) is 10.0. The number of pyridine rings is 1. The molecule has 0 atom stereocenters. The van der Waals surface area contributed by atoms with Crippen molar-refractivity contribution in [2.24, 2.45) is 7.05 Å². The molecule has 0 aliphatic carbocycles. The van der Waals surface area contributed by atoms with Crippen LogP contribution in [0, 0.1) is 18.3 Å². The van der Waals surface area contributed by atoms with E-state index in [9.17, 15) is 4.79 Å². The number of nitrogens with zero attached hydrogens (tertiary/aromatic N) is 4. The summed E-state index contributed by atoms with van der Waals surface area (Å²) in [6, 6.07) is 5.25. The number of rotatable bonds is 2. The van der Waals surface area contributed by atoms with Gasteiger partial charge in [-0.05, 0) is 19.1 Å². The lowest BCUT2D eigenvalue weighted by molar-refractivity contribution is 0.102. The Hall–Kier alpha value is -2.68. The molecule has 1 amide bonds. The van der Waals surface area contributed by atoms with Gasteiger partial charge in [0.15, 0.2) is 5.82 Å². The molecule has 2 aromatic rings. The van der Waals surface area contributed by atoms with E-state index in [1.165, 1.54) is 4.68 Å². The fraction of sp³-hybridized carbons (Fsp3) is 0.167. The number of hydrogen-bond donors (Lipinski definition) is 1. The van der Waals surface area contributed by atoms with Gasteiger partial charge in [-0.25, -0.2) is 0 Å². The third-order valence-electron chi connectivity index (χ3n) is 2.34. The van der Waals surface area contributed by atoms with E-state index in [1.807, 2.05) is 6.07 Å². The summed E-state index contributed by atoms with van der Waals surface area (Å²) in [7, 11) is 1.69. The molecule has 1 N–H and O–H groups in total. The zero-order valence-corrected chi connectivity index (χ0v) is 10.0. The molecule has 90 valence electrons. The molecule has 0 radical (unpaired) electrons. The molecule has 18 heavy (non-hydrogen) atoms. The van der Waals surface area contributed by atoms with Crippen molar-refractivity contribution in [3.63, 3.8) is 0 Å². The van der Waals surface area contributed by atoms with E-state index >= 15 is 0 Å². The van der Waals surface area contributed by atoms with Crippen molar-refractivity contribution in [3.05, 3.63) is 41.3 Å². The van der Waals surface area contributed by atoms with Crippen LogP contribution in [0.15, 0.2) is 24.5 Å². The lowest BCUT2D eigenvalue weighted by Crippen LogP contribution is -2.13. The third-order valence-corrected chi connectivity index (χ3v) is 2.34. The topological polar surface area (TPSA) is 83.6 Å². The van der Waals surface area contributed by atoms with Crippen molar-refractivity contribution in [2.75, 3.05) is 5.32 Å². The van der Waals surface area contributed by atoms with Crippen LogP contribution in [0.1, 0.15) is 21.6 Å². The molecule has 6 nitrogen and oxygen atoms in total. The van der Waals surface area contributed by atoms with Crippen LogP contribution in [0.3, 0.4) is 0 Å². The summed E-state index contributed by atoms with van der Waals surface area (Å²) in [5.74, 6) is -0.0461. The van der Waals surface area contributed by atoms with Gasteiger partial charge in [0.05, 0.1) is 0 Å². The Morgan fingerprint density at radius 1 is 1.56 bits per heavy atom. The van der Waals surface area contributed by atoms with Crippen LogP contribution in [0.2, 0.25) is 0 Å². The monoisotopic (exact) mass is 241 g/mol. The zero-order chi connectivity index (χ0) is 13.1. The summed E-state index contributed by atoms with van der Waals surface area (Å²) < 4.78 is 1.48. The van der Waals surface area contributed by atoms with Gasteiger partial charge in [-0.1, -0.05) is 0 Å². The van der Waals surface area contributed by atoms with Crippen LogP contribution < -0.4 is 5.32 Å². The van der Waals surface area contributed by atoms with Crippen LogP contribution in [0.25, 0.3) is 0 Å². The first-order valence-corrected chi connectivity index (χ1v) is 5.28. The number of nitriles is 1. The maximum Gasteiger partial charge on any atom is 0.257 e. The number of carbonyl (C=O) groups excluding carboxylic acids is 1. The Morgan fingerprint density at radius 2 is 2.33 bits per heavy atom. The van der Waals surface area contributed by atoms with Gasteiger partial charge in [-0.15, -0.1) is 0 Å². The fourth-order valence-electron chi connectivity index (χ4n) is 1.53. The maximum atomic E-state index is 11.9. The summed E-state index contributed by atoms with van der Waals surface area (Å²) in [5, 5.41) is 15.5. The van der Waals surface area contributed by atoms with Crippen LogP contribution in [0.4, 0.5) is 5.82 Å². The Labute approximate surface area is 104 Å². The van der Waals surface area contributed by atoms with Gasteiger partial charge in [-0.2, -0.15) is 10.4 Å². The van der Waals surface area contributed by atoms with Crippen molar-refractivity contribution < 1.29 is 4.79 Å². The van der Waals surface area contributed by atoms with E-state index in [1.54, 1.807) is 38.5 Å². The smallest absolute Gasteiger partial charge is 0.257 e. The highest BCUT2D eigenvalue weighted by molar-refractivity contribution is 6.04. The predicted octanol–water partition coefficient (Wildman–Crippen LogP) is 1.25. The highest BCUT2D eigenvalue weighted by Crippen LogP contribution is 2.12. The first-order valence-electron chi connectivity index (χ1n) is 5.28. The second-order valence-electron chi connectivity index (χ2n) is 3.82. The summed E-state index contributed by atoms with van der Waals surface area (Å²) in [6.45, 7) is 1.80. The van der Waals surface area contributed by atoms with Crippen LogP contribution in [-0.4, -0.2) is 20.7 Å². The SMILES string of the molecule is Cc1cc(C(=O)Nc2nn(C)cc2C#N)ccn1. The van der Waals surface area contributed by atoms with Crippen molar-refractivity contribution in [1.82, 2.24) is 14.8 Å². The van der Waals surface area contributed by atoms with E-state index in [-0.39, 0.29) is 11.7 Å². The Kier molecular flexibility index (Phi) is 3.06. The molecule has 6 heteroatoms. The van der Waals surface area contributed by atoms with Gasteiger partial charge >= 0.3 is 0 Å². The van der Waals surface area contributed by atoms with Gasteiger partial charge in [-0.3, -0.25) is 14.5 Å². The molecule has 0 unspecified atom stereocenters. The molecule has 2 rings (SSSR count). The lowest BCUT2D eigenvalue weighted by atomic mass is 10.2. The van der Waals surface area contributed by atoms with Crippen molar-refractivity contribution in [1.29, 1.82) is 5.26 Å². The number of amides is 1. The van der Waals surface area contributed by atoms with Crippen LogP contribution >= 0.6 is 0 Å². The molecule has 2 heterocycles. The second kappa shape index (κ2) is 4.67. The largest absolute Gasteiger partial charge is 0.304 e. The molecular weight excluding hydrogens is 230 g/mol. The molecule has 0 fully saturated rings. The fourth-order valence-corrected chi connectivity index (χ4v) is 1.53. The number of anilines is 1. The van der Waals surface area contributed by atoms with Crippen molar-refractivity contribution in [2.45, 2.75) is 6.92 Å². The summed E-state index contributed by atoms with van der Waals surface area (Å²) in [4.78, 5) is 16.0. The molecule has 0 saturated heterocycles. The molecule has 0 aliphatic heterocycles. The van der Waals surface area contributed by atoms with Crippen LogP contribution in [-0.2, 0) is 7.05 Å². The van der Waals surface area contributed by atoms with Gasteiger partial charge in [0.1, 0.15) is 11.6 Å². The average molecular weight is 241 g/mol. The highest BCUT2D eigenvalue weighted by Gasteiger charge is 2.12.